The summed E-state index contributed by atoms with van der Waals surface area (Å²) in [5, 5.41) is 1.12. The average Bonchev–Trinajstić information content (AvgIpc) is 2.58. The van der Waals surface area contributed by atoms with Gasteiger partial charge in [-0.05, 0) is 56.8 Å². The smallest absolute Gasteiger partial charge is 0.303 e. The van der Waals surface area contributed by atoms with Gasteiger partial charge in [0.25, 0.3) is 0 Å². The third-order valence-corrected chi connectivity index (χ3v) is 5.15. The van der Waals surface area contributed by atoms with Gasteiger partial charge in [0.05, 0.1) is 11.2 Å². The molecule has 2 heterocycles. The van der Waals surface area contributed by atoms with Crippen LogP contribution >= 0.6 is 0 Å². The number of para-hydroxylation sites is 1. The van der Waals surface area contributed by atoms with Crippen molar-refractivity contribution in [2.24, 2.45) is 5.92 Å². The van der Waals surface area contributed by atoms with E-state index >= 15 is 0 Å². The van der Waals surface area contributed by atoms with Crippen LogP contribution < -0.4 is 5.69 Å². The lowest BCUT2D eigenvalue weighted by Crippen LogP contribution is -2.37. The van der Waals surface area contributed by atoms with Gasteiger partial charge in [-0.15, -0.1) is 0 Å². The number of fused-ring (bicyclic) bond motifs is 1. The standard InChI is InChI=1S/C20H29N3O/c1-4-11-22-12-9-16(10-13-22)14-23-18-8-6-5-7-17(18)19(15(2)3)21-20(23)24/h5-8,15-16H,4,9-14H2,1-3H3. The topological polar surface area (TPSA) is 38.1 Å². The van der Waals surface area contributed by atoms with Crippen molar-refractivity contribution in [1.82, 2.24) is 14.5 Å². The minimum Gasteiger partial charge on any atom is -0.303 e. The van der Waals surface area contributed by atoms with E-state index in [9.17, 15) is 4.79 Å². The van der Waals surface area contributed by atoms with Gasteiger partial charge in [0, 0.05) is 11.9 Å². The molecule has 130 valence electrons. The van der Waals surface area contributed by atoms with E-state index in [4.69, 9.17) is 0 Å². The van der Waals surface area contributed by atoms with E-state index in [2.05, 4.69) is 42.8 Å². The van der Waals surface area contributed by atoms with Crippen LogP contribution in [0.4, 0.5) is 0 Å². The Bertz CT molecular complexity index is 742. The molecule has 0 bridgehead atoms. The van der Waals surface area contributed by atoms with Crippen molar-refractivity contribution in [1.29, 1.82) is 0 Å². The molecule has 1 aliphatic heterocycles. The lowest BCUT2D eigenvalue weighted by molar-refractivity contribution is 0.174. The molecule has 1 fully saturated rings. The number of benzene rings is 1. The number of hydrogen-bond donors (Lipinski definition) is 0. The molecule has 1 aromatic carbocycles. The Kier molecular flexibility index (Phi) is 5.34. The van der Waals surface area contributed by atoms with E-state index < -0.39 is 0 Å². The first-order chi connectivity index (χ1) is 11.6. The van der Waals surface area contributed by atoms with Crippen LogP contribution in [0.1, 0.15) is 51.6 Å². The maximum absolute atomic E-state index is 12.6. The van der Waals surface area contributed by atoms with Crippen LogP contribution in [0.3, 0.4) is 0 Å². The van der Waals surface area contributed by atoms with Gasteiger partial charge in [-0.2, -0.15) is 4.98 Å². The fraction of sp³-hybridized carbons (Fsp3) is 0.600. The molecule has 0 saturated carbocycles. The maximum atomic E-state index is 12.6. The highest BCUT2D eigenvalue weighted by Crippen LogP contribution is 2.24. The number of rotatable bonds is 5. The normalized spacial score (nSPS) is 17.0. The second kappa shape index (κ2) is 7.47. The molecule has 1 aliphatic rings. The maximum Gasteiger partial charge on any atom is 0.348 e. The van der Waals surface area contributed by atoms with Crippen molar-refractivity contribution in [2.45, 2.75) is 52.5 Å². The van der Waals surface area contributed by atoms with Gasteiger partial charge in [0.15, 0.2) is 0 Å². The van der Waals surface area contributed by atoms with Crippen LogP contribution in [0.5, 0.6) is 0 Å². The molecule has 0 unspecified atom stereocenters. The van der Waals surface area contributed by atoms with Crippen molar-refractivity contribution in [3.63, 3.8) is 0 Å². The van der Waals surface area contributed by atoms with Crippen molar-refractivity contribution in [2.75, 3.05) is 19.6 Å². The molecule has 4 heteroatoms. The Balaban J connectivity index is 1.87. The molecular formula is C20H29N3O. The van der Waals surface area contributed by atoms with E-state index in [0.717, 1.165) is 36.2 Å². The summed E-state index contributed by atoms with van der Waals surface area (Å²) in [5.74, 6) is 0.834. The molecule has 24 heavy (non-hydrogen) atoms. The monoisotopic (exact) mass is 327 g/mol. The second-order valence-corrected chi connectivity index (χ2v) is 7.35. The van der Waals surface area contributed by atoms with E-state index in [0.29, 0.717) is 5.92 Å². The van der Waals surface area contributed by atoms with Gasteiger partial charge in [-0.3, -0.25) is 4.57 Å². The fourth-order valence-electron chi connectivity index (χ4n) is 3.84. The van der Waals surface area contributed by atoms with E-state index in [1.54, 1.807) is 0 Å². The van der Waals surface area contributed by atoms with E-state index in [-0.39, 0.29) is 11.6 Å². The van der Waals surface area contributed by atoms with Crippen LogP contribution in [0.2, 0.25) is 0 Å². The summed E-state index contributed by atoms with van der Waals surface area (Å²) in [4.78, 5) is 19.6. The summed E-state index contributed by atoms with van der Waals surface area (Å²) < 4.78 is 1.90. The zero-order chi connectivity index (χ0) is 17.1. The summed E-state index contributed by atoms with van der Waals surface area (Å²) in [5.41, 5.74) is 1.87. The van der Waals surface area contributed by atoms with Crippen LogP contribution in [0.25, 0.3) is 10.9 Å². The number of nitrogens with zero attached hydrogens (tertiary/aromatic N) is 3. The lowest BCUT2D eigenvalue weighted by Gasteiger charge is -2.32. The van der Waals surface area contributed by atoms with E-state index in [1.807, 2.05) is 16.7 Å². The van der Waals surface area contributed by atoms with Gasteiger partial charge in [-0.25, -0.2) is 4.79 Å². The number of likely N-dealkylation sites (tertiary alicyclic amines) is 1. The Morgan fingerprint density at radius 3 is 2.58 bits per heavy atom. The minimum absolute atomic E-state index is 0.0895. The molecule has 2 aromatic rings. The van der Waals surface area contributed by atoms with Crippen LogP contribution in [0, 0.1) is 5.92 Å². The molecule has 3 rings (SSSR count). The largest absolute Gasteiger partial charge is 0.348 e. The second-order valence-electron chi connectivity index (χ2n) is 7.35. The zero-order valence-corrected chi connectivity index (χ0v) is 15.2. The highest BCUT2D eigenvalue weighted by molar-refractivity contribution is 5.81. The summed E-state index contributed by atoms with van der Waals surface area (Å²) >= 11 is 0. The van der Waals surface area contributed by atoms with Crippen molar-refractivity contribution in [3.05, 3.63) is 40.4 Å². The highest BCUT2D eigenvalue weighted by Gasteiger charge is 2.21. The SMILES string of the molecule is CCCN1CCC(Cn2c(=O)nc(C(C)C)c3ccccc32)CC1. The van der Waals surface area contributed by atoms with Crippen molar-refractivity contribution < 1.29 is 0 Å². The Labute approximate surface area is 144 Å². The Hall–Kier alpha value is -1.68. The Morgan fingerprint density at radius 1 is 1.21 bits per heavy atom. The van der Waals surface area contributed by atoms with Gasteiger partial charge in [0.2, 0.25) is 0 Å². The van der Waals surface area contributed by atoms with Crippen LogP contribution in [-0.4, -0.2) is 34.1 Å². The van der Waals surface area contributed by atoms with Gasteiger partial charge in [0.1, 0.15) is 0 Å². The molecular weight excluding hydrogens is 298 g/mol. The molecule has 4 nitrogen and oxygen atoms in total. The summed E-state index contributed by atoms with van der Waals surface area (Å²) in [6, 6.07) is 8.22. The van der Waals surface area contributed by atoms with Crippen molar-refractivity contribution >= 4 is 10.9 Å². The Morgan fingerprint density at radius 2 is 1.92 bits per heavy atom. The summed E-state index contributed by atoms with van der Waals surface area (Å²) in [6.45, 7) is 10.7. The molecule has 0 aliphatic carbocycles. The third-order valence-electron chi connectivity index (χ3n) is 5.15. The van der Waals surface area contributed by atoms with Gasteiger partial charge >= 0.3 is 5.69 Å². The third kappa shape index (κ3) is 3.54. The summed E-state index contributed by atoms with van der Waals surface area (Å²) in [7, 11) is 0. The highest BCUT2D eigenvalue weighted by atomic mass is 16.1. The molecule has 0 spiro atoms. The van der Waals surface area contributed by atoms with Gasteiger partial charge < -0.3 is 4.90 Å². The lowest BCUT2D eigenvalue weighted by atomic mass is 9.96. The first kappa shape index (κ1) is 17.2. The molecule has 1 saturated heterocycles. The molecule has 0 amide bonds. The fourth-order valence-corrected chi connectivity index (χ4v) is 3.84. The van der Waals surface area contributed by atoms with Crippen LogP contribution in [-0.2, 0) is 6.54 Å². The first-order valence-corrected chi connectivity index (χ1v) is 9.32. The molecule has 0 atom stereocenters. The van der Waals surface area contributed by atoms with Crippen LogP contribution in [0.15, 0.2) is 29.1 Å². The first-order valence-electron chi connectivity index (χ1n) is 9.32. The quantitative estimate of drug-likeness (QED) is 0.841. The predicted octanol–water partition coefficient (Wildman–Crippen LogP) is 3.64. The number of piperidine rings is 1. The molecule has 1 aromatic heterocycles. The van der Waals surface area contributed by atoms with E-state index in [1.165, 1.54) is 25.8 Å². The number of hydrogen-bond acceptors (Lipinski definition) is 3. The minimum atomic E-state index is -0.0895. The summed E-state index contributed by atoms with van der Waals surface area (Å²) in [6.07, 6.45) is 3.56. The van der Waals surface area contributed by atoms with Crippen molar-refractivity contribution in [3.8, 4) is 0 Å². The average molecular weight is 327 g/mol. The molecule has 0 radical (unpaired) electrons. The number of aromatic nitrogens is 2. The van der Waals surface area contributed by atoms with Gasteiger partial charge in [-0.1, -0.05) is 39.0 Å². The predicted molar refractivity (Wildman–Crippen MR) is 99.5 cm³/mol. The molecule has 0 N–H and O–H groups in total. The zero-order valence-electron chi connectivity index (χ0n) is 15.2.